The lowest BCUT2D eigenvalue weighted by Crippen LogP contribution is -2.04. The van der Waals surface area contributed by atoms with Crippen LogP contribution in [-0.2, 0) is 0 Å². The monoisotopic (exact) mass is 264 g/mol. The third kappa shape index (κ3) is 2.12. The van der Waals surface area contributed by atoms with Crippen LogP contribution in [0.4, 0.5) is 0 Å². The standard InChI is InChI=1S/C16H12N2O2/c1-10-14(16(19)20)9-17-15(18-10)13-7-6-11-4-2-3-5-12(11)8-13/h2-9H,1H3,(H,19,20). The van der Waals surface area contributed by atoms with E-state index < -0.39 is 5.97 Å². The molecule has 0 aliphatic heterocycles. The quantitative estimate of drug-likeness (QED) is 0.771. The highest BCUT2D eigenvalue weighted by atomic mass is 16.4. The summed E-state index contributed by atoms with van der Waals surface area (Å²) in [7, 11) is 0. The Balaban J connectivity index is 2.11. The van der Waals surface area contributed by atoms with Crippen molar-refractivity contribution in [3.63, 3.8) is 0 Å². The zero-order chi connectivity index (χ0) is 14.1. The highest BCUT2D eigenvalue weighted by molar-refractivity contribution is 5.89. The molecule has 0 aliphatic rings. The van der Waals surface area contributed by atoms with Crippen molar-refractivity contribution in [3.8, 4) is 11.4 Å². The van der Waals surface area contributed by atoms with Crippen molar-refractivity contribution in [2.24, 2.45) is 0 Å². The summed E-state index contributed by atoms with van der Waals surface area (Å²) in [4.78, 5) is 19.4. The van der Waals surface area contributed by atoms with Crippen molar-refractivity contribution in [3.05, 3.63) is 59.9 Å². The molecule has 1 aromatic heterocycles. The van der Waals surface area contributed by atoms with Crippen molar-refractivity contribution >= 4 is 16.7 Å². The number of rotatable bonds is 2. The first kappa shape index (κ1) is 12.3. The molecule has 0 fully saturated rings. The molecule has 20 heavy (non-hydrogen) atoms. The van der Waals surface area contributed by atoms with Gasteiger partial charge < -0.3 is 5.11 Å². The van der Waals surface area contributed by atoms with Crippen LogP contribution >= 0.6 is 0 Å². The number of nitrogens with zero attached hydrogens (tertiary/aromatic N) is 2. The summed E-state index contributed by atoms with van der Waals surface area (Å²) < 4.78 is 0. The molecular weight excluding hydrogens is 252 g/mol. The lowest BCUT2D eigenvalue weighted by Gasteiger charge is -2.05. The Bertz CT molecular complexity index is 812. The largest absolute Gasteiger partial charge is 0.478 e. The second-order valence-corrected chi connectivity index (χ2v) is 4.56. The smallest absolute Gasteiger partial charge is 0.339 e. The molecule has 3 aromatic rings. The maximum atomic E-state index is 11.0. The minimum absolute atomic E-state index is 0.134. The predicted molar refractivity (Wildman–Crippen MR) is 76.7 cm³/mol. The molecule has 0 aliphatic carbocycles. The average molecular weight is 264 g/mol. The van der Waals surface area contributed by atoms with Crippen LogP contribution in [0.2, 0.25) is 0 Å². The van der Waals surface area contributed by atoms with E-state index in [1.165, 1.54) is 6.20 Å². The Morgan fingerprint density at radius 1 is 1.10 bits per heavy atom. The molecule has 0 saturated carbocycles. The van der Waals surface area contributed by atoms with Crippen LogP contribution in [0, 0.1) is 6.92 Å². The van der Waals surface area contributed by atoms with Crippen LogP contribution in [0.15, 0.2) is 48.7 Å². The minimum atomic E-state index is -1.01. The van der Waals surface area contributed by atoms with Crippen molar-refractivity contribution in [2.45, 2.75) is 6.92 Å². The van der Waals surface area contributed by atoms with Gasteiger partial charge in [-0.05, 0) is 23.8 Å². The fourth-order valence-electron chi connectivity index (χ4n) is 2.14. The van der Waals surface area contributed by atoms with Gasteiger partial charge >= 0.3 is 5.97 Å². The summed E-state index contributed by atoms with van der Waals surface area (Å²) >= 11 is 0. The lowest BCUT2D eigenvalue weighted by atomic mass is 10.1. The molecule has 0 spiro atoms. The molecule has 4 heteroatoms. The topological polar surface area (TPSA) is 63.1 Å². The molecular formula is C16H12N2O2. The van der Waals surface area contributed by atoms with Crippen LogP contribution < -0.4 is 0 Å². The van der Waals surface area contributed by atoms with E-state index in [-0.39, 0.29) is 5.56 Å². The van der Waals surface area contributed by atoms with Gasteiger partial charge in [-0.25, -0.2) is 14.8 Å². The van der Waals surface area contributed by atoms with Crippen molar-refractivity contribution in [1.82, 2.24) is 9.97 Å². The summed E-state index contributed by atoms with van der Waals surface area (Å²) in [5.74, 6) is -0.467. The number of benzene rings is 2. The van der Waals surface area contributed by atoms with Crippen LogP contribution in [0.1, 0.15) is 16.1 Å². The summed E-state index contributed by atoms with van der Waals surface area (Å²) in [5.41, 5.74) is 1.48. The van der Waals surface area contributed by atoms with E-state index in [0.717, 1.165) is 16.3 Å². The number of fused-ring (bicyclic) bond motifs is 1. The second-order valence-electron chi connectivity index (χ2n) is 4.56. The van der Waals surface area contributed by atoms with E-state index >= 15 is 0 Å². The number of carboxylic acids is 1. The number of carbonyl (C=O) groups is 1. The lowest BCUT2D eigenvalue weighted by molar-refractivity contribution is 0.0695. The van der Waals surface area contributed by atoms with E-state index in [0.29, 0.717) is 11.5 Å². The molecule has 98 valence electrons. The van der Waals surface area contributed by atoms with Gasteiger partial charge in [0.25, 0.3) is 0 Å². The first-order chi connectivity index (χ1) is 9.65. The highest BCUT2D eigenvalue weighted by Gasteiger charge is 2.11. The van der Waals surface area contributed by atoms with E-state index in [9.17, 15) is 4.79 Å². The summed E-state index contributed by atoms with van der Waals surface area (Å²) in [6, 6.07) is 14.0. The van der Waals surface area contributed by atoms with Crippen molar-refractivity contribution < 1.29 is 9.90 Å². The second kappa shape index (κ2) is 4.74. The summed E-state index contributed by atoms with van der Waals surface area (Å²) in [6.07, 6.45) is 1.36. The third-order valence-corrected chi connectivity index (χ3v) is 3.22. The van der Waals surface area contributed by atoms with Gasteiger partial charge in [0.2, 0.25) is 0 Å². The number of aromatic nitrogens is 2. The first-order valence-electron chi connectivity index (χ1n) is 6.21. The third-order valence-electron chi connectivity index (χ3n) is 3.22. The van der Waals surface area contributed by atoms with Crippen molar-refractivity contribution in [2.75, 3.05) is 0 Å². The molecule has 3 rings (SSSR count). The number of carboxylic acid groups (broad SMARTS) is 1. The molecule has 0 saturated heterocycles. The SMILES string of the molecule is Cc1nc(-c2ccc3ccccc3c2)ncc1C(=O)O. The van der Waals surface area contributed by atoms with Gasteiger partial charge in [-0.3, -0.25) is 0 Å². The maximum absolute atomic E-state index is 11.0. The van der Waals surface area contributed by atoms with E-state index in [2.05, 4.69) is 9.97 Å². The summed E-state index contributed by atoms with van der Waals surface area (Å²) in [6.45, 7) is 1.68. The molecule has 0 bridgehead atoms. The Morgan fingerprint density at radius 2 is 1.85 bits per heavy atom. The molecule has 2 aromatic carbocycles. The number of aryl methyl sites for hydroxylation is 1. The maximum Gasteiger partial charge on any atom is 0.339 e. The number of hydrogen-bond acceptors (Lipinski definition) is 3. The van der Waals surface area contributed by atoms with E-state index in [1.807, 2.05) is 42.5 Å². The zero-order valence-electron chi connectivity index (χ0n) is 10.9. The Morgan fingerprint density at radius 3 is 2.55 bits per heavy atom. The summed E-state index contributed by atoms with van der Waals surface area (Å²) in [5, 5.41) is 11.2. The van der Waals surface area contributed by atoms with Gasteiger partial charge in [-0.1, -0.05) is 36.4 Å². The Labute approximate surface area is 115 Å². The molecule has 4 nitrogen and oxygen atoms in total. The van der Waals surface area contributed by atoms with Gasteiger partial charge in [0.1, 0.15) is 0 Å². The van der Waals surface area contributed by atoms with Crippen LogP contribution in [0.5, 0.6) is 0 Å². The molecule has 0 radical (unpaired) electrons. The van der Waals surface area contributed by atoms with Gasteiger partial charge in [-0.2, -0.15) is 0 Å². The van der Waals surface area contributed by atoms with E-state index in [1.54, 1.807) is 6.92 Å². The molecule has 1 heterocycles. The molecule has 1 N–H and O–H groups in total. The van der Waals surface area contributed by atoms with Crippen LogP contribution in [0.3, 0.4) is 0 Å². The first-order valence-corrected chi connectivity index (χ1v) is 6.21. The number of hydrogen-bond donors (Lipinski definition) is 1. The average Bonchev–Trinajstić information content (AvgIpc) is 2.46. The van der Waals surface area contributed by atoms with Crippen molar-refractivity contribution in [1.29, 1.82) is 0 Å². The van der Waals surface area contributed by atoms with Crippen LogP contribution in [-0.4, -0.2) is 21.0 Å². The zero-order valence-corrected chi connectivity index (χ0v) is 10.9. The predicted octanol–water partition coefficient (Wildman–Crippen LogP) is 3.30. The fourth-order valence-corrected chi connectivity index (χ4v) is 2.14. The van der Waals surface area contributed by atoms with Gasteiger partial charge in [0.15, 0.2) is 5.82 Å². The van der Waals surface area contributed by atoms with Gasteiger partial charge in [0.05, 0.1) is 11.3 Å². The molecule has 0 atom stereocenters. The molecule has 0 unspecified atom stereocenters. The molecule has 0 amide bonds. The fraction of sp³-hybridized carbons (Fsp3) is 0.0625. The normalized spacial score (nSPS) is 10.7. The highest BCUT2D eigenvalue weighted by Crippen LogP contribution is 2.22. The minimum Gasteiger partial charge on any atom is -0.478 e. The Hall–Kier alpha value is -2.75. The Kier molecular flexibility index (Phi) is 2.91. The van der Waals surface area contributed by atoms with E-state index in [4.69, 9.17) is 5.11 Å². The number of aromatic carboxylic acids is 1. The van der Waals surface area contributed by atoms with Gasteiger partial charge in [0, 0.05) is 11.8 Å². The van der Waals surface area contributed by atoms with Gasteiger partial charge in [-0.15, -0.1) is 0 Å². The van der Waals surface area contributed by atoms with Crippen LogP contribution in [0.25, 0.3) is 22.2 Å².